The number of nitrogens with zero attached hydrogens (tertiary/aromatic N) is 1. The molecule has 0 amide bonds. The summed E-state index contributed by atoms with van der Waals surface area (Å²) < 4.78 is 21.6. The maximum atomic E-state index is 5.52. The van der Waals surface area contributed by atoms with E-state index in [1.54, 1.807) is 19.2 Å². The number of aromatic nitrogens is 1. The molecule has 1 aliphatic rings. The Balaban J connectivity index is 2.23. The molecule has 1 aromatic heterocycles. The first-order valence-corrected chi connectivity index (χ1v) is 5.88. The largest absolute Gasteiger partial charge is 0.495 e. The summed E-state index contributed by atoms with van der Waals surface area (Å²) in [7, 11) is 1.56. The average molecular weight is 313 g/mol. The van der Waals surface area contributed by atoms with E-state index in [9.17, 15) is 0 Å². The molecule has 2 aromatic rings. The van der Waals surface area contributed by atoms with Gasteiger partial charge >= 0.3 is 0 Å². The molecule has 0 aliphatic carbocycles. The van der Waals surface area contributed by atoms with E-state index < -0.39 is 0 Å². The van der Waals surface area contributed by atoms with Crippen LogP contribution in [0, 0.1) is 0 Å². The number of halogens is 1. The van der Waals surface area contributed by atoms with Crippen LogP contribution in [0.5, 0.6) is 17.2 Å². The highest BCUT2D eigenvalue weighted by Crippen LogP contribution is 2.49. The van der Waals surface area contributed by atoms with E-state index in [2.05, 4.69) is 21.1 Å². The summed E-state index contributed by atoms with van der Waals surface area (Å²) in [5.74, 6) is 2.07. The van der Waals surface area contributed by atoms with Gasteiger partial charge < -0.3 is 24.5 Å². The number of nitrogen functional groups attached to an aromatic ring is 1. The van der Waals surface area contributed by atoms with Crippen LogP contribution in [-0.4, -0.2) is 19.1 Å². The molecule has 0 bridgehead atoms. The Morgan fingerprint density at radius 3 is 2.89 bits per heavy atom. The van der Waals surface area contributed by atoms with Crippen molar-refractivity contribution in [3.8, 4) is 28.5 Å². The molecule has 18 heavy (non-hydrogen) atoms. The number of fused-ring (bicyclic) bond motifs is 1. The van der Waals surface area contributed by atoms with Crippen LogP contribution >= 0.6 is 15.9 Å². The molecule has 0 radical (unpaired) electrons. The lowest BCUT2D eigenvalue weighted by atomic mass is 10.1. The molecule has 2 heterocycles. The number of methoxy groups -OCH3 is 1. The number of ether oxygens (including phenoxy) is 3. The zero-order chi connectivity index (χ0) is 12.7. The molecular formula is C11H9BrN2O4. The highest BCUT2D eigenvalue weighted by molar-refractivity contribution is 9.10. The van der Waals surface area contributed by atoms with Gasteiger partial charge in [-0.25, -0.2) is 0 Å². The summed E-state index contributed by atoms with van der Waals surface area (Å²) in [5, 5.41) is 3.86. The second-order valence-corrected chi connectivity index (χ2v) is 4.41. The SMILES string of the molecule is COc1c(-c2cc(N)on2)cc2c(c1Br)OCO2. The molecule has 6 nitrogen and oxygen atoms in total. The molecule has 3 rings (SSSR count). The third kappa shape index (κ3) is 1.59. The third-order valence-electron chi connectivity index (χ3n) is 2.57. The molecule has 0 fully saturated rings. The quantitative estimate of drug-likeness (QED) is 0.917. The summed E-state index contributed by atoms with van der Waals surface area (Å²) in [6.45, 7) is 0.182. The van der Waals surface area contributed by atoms with Crippen molar-refractivity contribution in [2.24, 2.45) is 0 Å². The van der Waals surface area contributed by atoms with E-state index in [0.29, 0.717) is 33.0 Å². The number of rotatable bonds is 2. The van der Waals surface area contributed by atoms with E-state index >= 15 is 0 Å². The van der Waals surface area contributed by atoms with Gasteiger partial charge in [-0.05, 0) is 22.0 Å². The Labute approximate surface area is 111 Å². The van der Waals surface area contributed by atoms with Crippen LogP contribution in [0.2, 0.25) is 0 Å². The summed E-state index contributed by atoms with van der Waals surface area (Å²) in [5.41, 5.74) is 6.81. The number of anilines is 1. The molecule has 0 atom stereocenters. The summed E-state index contributed by atoms with van der Waals surface area (Å²) >= 11 is 3.43. The van der Waals surface area contributed by atoms with Gasteiger partial charge in [0.05, 0.1) is 12.7 Å². The molecule has 0 spiro atoms. The van der Waals surface area contributed by atoms with E-state index in [-0.39, 0.29) is 12.7 Å². The minimum absolute atomic E-state index is 0.182. The van der Waals surface area contributed by atoms with Crippen molar-refractivity contribution in [1.29, 1.82) is 0 Å². The number of benzene rings is 1. The summed E-state index contributed by atoms with van der Waals surface area (Å²) in [6, 6.07) is 3.40. The van der Waals surface area contributed by atoms with Crippen LogP contribution < -0.4 is 19.9 Å². The van der Waals surface area contributed by atoms with Crippen LogP contribution in [0.4, 0.5) is 5.88 Å². The molecule has 7 heteroatoms. The van der Waals surface area contributed by atoms with Gasteiger partial charge in [0.25, 0.3) is 0 Å². The van der Waals surface area contributed by atoms with Crippen LogP contribution in [0.1, 0.15) is 0 Å². The van der Waals surface area contributed by atoms with Crippen molar-refractivity contribution in [3.05, 3.63) is 16.6 Å². The van der Waals surface area contributed by atoms with Crippen molar-refractivity contribution in [2.45, 2.75) is 0 Å². The molecule has 1 aromatic carbocycles. The first kappa shape index (κ1) is 11.2. The normalized spacial score (nSPS) is 12.8. The number of hydrogen-bond acceptors (Lipinski definition) is 6. The number of nitrogens with two attached hydrogens (primary N) is 1. The van der Waals surface area contributed by atoms with Crippen LogP contribution in [0.25, 0.3) is 11.3 Å². The minimum Gasteiger partial charge on any atom is -0.495 e. The van der Waals surface area contributed by atoms with Crippen molar-refractivity contribution in [3.63, 3.8) is 0 Å². The highest BCUT2D eigenvalue weighted by Gasteiger charge is 2.25. The maximum absolute atomic E-state index is 5.52. The van der Waals surface area contributed by atoms with E-state index in [1.807, 2.05) is 0 Å². The number of hydrogen-bond donors (Lipinski definition) is 1. The van der Waals surface area contributed by atoms with Gasteiger partial charge in [0.2, 0.25) is 12.7 Å². The Morgan fingerprint density at radius 2 is 2.22 bits per heavy atom. The molecular weight excluding hydrogens is 304 g/mol. The fourth-order valence-corrected chi connectivity index (χ4v) is 2.48. The molecule has 1 aliphatic heterocycles. The smallest absolute Gasteiger partial charge is 0.231 e. The van der Waals surface area contributed by atoms with Crippen molar-refractivity contribution in [2.75, 3.05) is 19.6 Å². The summed E-state index contributed by atoms with van der Waals surface area (Å²) in [6.07, 6.45) is 0. The van der Waals surface area contributed by atoms with Gasteiger partial charge in [-0.2, -0.15) is 0 Å². The summed E-state index contributed by atoms with van der Waals surface area (Å²) in [4.78, 5) is 0. The first-order valence-electron chi connectivity index (χ1n) is 5.09. The minimum atomic E-state index is 0.182. The van der Waals surface area contributed by atoms with E-state index in [4.69, 9.17) is 24.5 Å². The van der Waals surface area contributed by atoms with Gasteiger partial charge in [0.15, 0.2) is 11.5 Å². The van der Waals surface area contributed by atoms with Crippen molar-refractivity contribution < 1.29 is 18.7 Å². The van der Waals surface area contributed by atoms with Crippen LogP contribution in [-0.2, 0) is 0 Å². The molecule has 0 unspecified atom stereocenters. The second kappa shape index (κ2) is 4.09. The first-order chi connectivity index (χ1) is 8.70. The zero-order valence-electron chi connectivity index (χ0n) is 9.40. The predicted octanol–water partition coefficient (Wildman–Crippen LogP) is 2.42. The predicted molar refractivity (Wildman–Crippen MR) is 66.7 cm³/mol. The molecule has 2 N–H and O–H groups in total. The molecule has 0 saturated heterocycles. The van der Waals surface area contributed by atoms with Gasteiger partial charge in [-0.15, -0.1) is 0 Å². The molecule has 94 valence electrons. The lowest BCUT2D eigenvalue weighted by Crippen LogP contribution is -1.93. The standard InChI is InChI=1S/C11H9BrN2O4/c1-15-10-5(6-3-8(13)18-14-6)2-7-11(9(10)12)17-4-16-7/h2-3H,4,13H2,1H3. The average Bonchev–Trinajstić information content (AvgIpc) is 2.97. The van der Waals surface area contributed by atoms with Crippen molar-refractivity contribution in [1.82, 2.24) is 5.16 Å². The van der Waals surface area contributed by atoms with Crippen LogP contribution in [0.3, 0.4) is 0 Å². The van der Waals surface area contributed by atoms with E-state index in [1.165, 1.54) is 0 Å². The second-order valence-electron chi connectivity index (χ2n) is 3.62. The monoisotopic (exact) mass is 312 g/mol. The highest BCUT2D eigenvalue weighted by atomic mass is 79.9. The van der Waals surface area contributed by atoms with Gasteiger partial charge in [0.1, 0.15) is 15.9 Å². The fraction of sp³-hybridized carbons (Fsp3) is 0.182. The fourth-order valence-electron chi connectivity index (χ4n) is 1.79. The van der Waals surface area contributed by atoms with Crippen molar-refractivity contribution >= 4 is 21.8 Å². The van der Waals surface area contributed by atoms with Gasteiger partial charge in [0, 0.05) is 6.07 Å². The zero-order valence-corrected chi connectivity index (χ0v) is 11.0. The van der Waals surface area contributed by atoms with Gasteiger partial charge in [-0.3, -0.25) is 0 Å². The third-order valence-corrected chi connectivity index (χ3v) is 3.29. The maximum Gasteiger partial charge on any atom is 0.231 e. The Hall–Kier alpha value is -1.89. The van der Waals surface area contributed by atoms with Crippen LogP contribution in [0.15, 0.2) is 21.1 Å². The Kier molecular flexibility index (Phi) is 2.55. The lowest BCUT2D eigenvalue weighted by Gasteiger charge is -2.10. The van der Waals surface area contributed by atoms with E-state index in [0.717, 1.165) is 0 Å². The lowest BCUT2D eigenvalue weighted by molar-refractivity contribution is 0.173. The van der Waals surface area contributed by atoms with Gasteiger partial charge in [-0.1, -0.05) is 5.16 Å². The topological polar surface area (TPSA) is 79.7 Å². The molecule has 0 saturated carbocycles. The Morgan fingerprint density at radius 1 is 1.39 bits per heavy atom. The Bertz CT molecular complexity index is 611.